The van der Waals surface area contributed by atoms with E-state index >= 15 is 0 Å². The van der Waals surface area contributed by atoms with Crippen LogP contribution in [0.25, 0.3) is 0 Å². The molecule has 0 spiro atoms. The van der Waals surface area contributed by atoms with Gasteiger partial charge in [-0.1, -0.05) is 42.0 Å². The first-order valence-corrected chi connectivity index (χ1v) is 10.3. The van der Waals surface area contributed by atoms with Crippen molar-refractivity contribution >= 4 is 17.3 Å². The van der Waals surface area contributed by atoms with Crippen LogP contribution in [0.4, 0.5) is 5.82 Å². The molecule has 5 rings (SSSR count). The molecular formula is C25H23N3O3. The van der Waals surface area contributed by atoms with Gasteiger partial charge in [-0.2, -0.15) is 0 Å². The van der Waals surface area contributed by atoms with Crippen LogP contribution in [0.15, 0.2) is 51.0 Å². The maximum Gasteiger partial charge on any atom is 0.332 e. The normalized spacial score (nSPS) is 19.0. The fourth-order valence-electron chi connectivity index (χ4n) is 5.10. The van der Waals surface area contributed by atoms with Crippen LogP contribution in [0.3, 0.4) is 0 Å². The summed E-state index contributed by atoms with van der Waals surface area (Å²) in [5.41, 5.74) is 5.77. The van der Waals surface area contributed by atoms with Crippen LogP contribution >= 0.6 is 0 Å². The topological polar surface area (TPSA) is 73.4 Å². The van der Waals surface area contributed by atoms with Crippen LogP contribution in [0.1, 0.15) is 49.7 Å². The highest BCUT2D eigenvalue weighted by atomic mass is 16.2. The largest absolute Gasteiger partial charge is 0.332 e. The number of carbonyl (C=O) groups is 1. The zero-order chi connectivity index (χ0) is 22.2. The van der Waals surface area contributed by atoms with Gasteiger partial charge in [0.2, 0.25) is 0 Å². The molecule has 2 aliphatic rings. The Hall–Kier alpha value is -3.54. The quantitative estimate of drug-likeness (QED) is 0.615. The molecular weight excluding hydrogens is 390 g/mol. The maximum atomic E-state index is 13.6. The average molecular weight is 413 g/mol. The van der Waals surface area contributed by atoms with Gasteiger partial charge in [-0.15, -0.1) is 0 Å². The molecule has 6 nitrogen and oxygen atoms in total. The van der Waals surface area contributed by atoms with Gasteiger partial charge < -0.3 is 0 Å². The standard InChI is InChI=1S/C25H23N3O3/c1-12-10-13(2)14(3)17(11-12)18-19-21(15-8-6-7-9-16(15)22(19)29)26-23-20(18)24(30)28(5)25(31)27(23)4/h6-11,18-19H,1-5H3/t18-,19+/m0/s1. The second-order valence-electron chi connectivity index (χ2n) is 8.60. The highest BCUT2D eigenvalue weighted by Crippen LogP contribution is 2.47. The Morgan fingerprint density at radius 1 is 0.871 bits per heavy atom. The van der Waals surface area contributed by atoms with Gasteiger partial charge in [-0.25, -0.2) is 9.79 Å². The minimum absolute atomic E-state index is 0.0283. The van der Waals surface area contributed by atoms with Gasteiger partial charge in [0.1, 0.15) is 5.82 Å². The number of rotatable bonds is 1. The number of Topliss-reactive ketones (excluding diaryl/α,β-unsaturated/α-hetero) is 1. The number of fused-ring (bicyclic) bond motifs is 4. The molecule has 0 N–H and O–H groups in total. The van der Waals surface area contributed by atoms with Crippen LogP contribution < -0.4 is 11.2 Å². The van der Waals surface area contributed by atoms with Gasteiger partial charge in [0.25, 0.3) is 5.56 Å². The molecule has 31 heavy (non-hydrogen) atoms. The van der Waals surface area contributed by atoms with Crippen LogP contribution in [0.5, 0.6) is 0 Å². The van der Waals surface area contributed by atoms with Crippen LogP contribution in [0, 0.1) is 26.7 Å². The van der Waals surface area contributed by atoms with Gasteiger partial charge in [-0.3, -0.25) is 18.7 Å². The highest BCUT2D eigenvalue weighted by molar-refractivity contribution is 6.30. The molecule has 1 aliphatic heterocycles. The van der Waals surface area contributed by atoms with Gasteiger partial charge in [0.15, 0.2) is 5.78 Å². The molecule has 0 saturated heterocycles. The SMILES string of the molecule is Cc1cc(C)c(C)c([C@@H]2c3c(n(C)c(=O)n(C)c3=O)N=C3c4ccccc4C(=O)[C@@H]32)c1. The fourth-order valence-corrected chi connectivity index (χ4v) is 5.10. The molecule has 2 atom stereocenters. The Labute approximate surface area is 179 Å². The van der Waals surface area contributed by atoms with E-state index in [1.165, 1.54) is 11.6 Å². The summed E-state index contributed by atoms with van der Waals surface area (Å²) in [7, 11) is 3.10. The van der Waals surface area contributed by atoms with Gasteiger partial charge in [-0.05, 0) is 37.5 Å². The zero-order valence-electron chi connectivity index (χ0n) is 18.2. The summed E-state index contributed by atoms with van der Waals surface area (Å²) in [5, 5.41) is 0. The lowest BCUT2D eigenvalue weighted by atomic mass is 9.74. The van der Waals surface area contributed by atoms with E-state index < -0.39 is 23.1 Å². The van der Waals surface area contributed by atoms with Crippen LogP contribution in [0.2, 0.25) is 0 Å². The van der Waals surface area contributed by atoms with E-state index in [0.717, 1.165) is 32.4 Å². The van der Waals surface area contributed by atoms with Crippen molar-refractivity contribution in [3.8, 4) is 0 Å². The molecule has 6 heteroatoms. The molecule has 0 amide bonds. The van der Waals surface area contributed by atoms with Crippen molar-refractivity contribution in [3.05, 3.63) is 96.2 Å². The summed E-state index contributed by atoms with van der Waals surface area (Å²) in [4.78, 5) is 44.4. The van der Waals surface area contributed by atoms with Crippen molar-refractivity contribution in [3.63, 3.8) is 0 Å². The smallest absolute Gasteiger partial charge is 0.293 e. The molecule has 0 bridgehead atoms. The molecule has 3 aromatic rings. The van der Waals surface area contributed by atoms with E-state index in [2.05, 4.69) is 12.1 Å². The third kappa shape index (κ3) is 2.51. The summed E-state index contributed by atoms with van der Waals surface area (Å²) in [6.45, 7) is 6.07. The Kier molecular flexibility index (Phi) is 4.06. The maximum absolute atomic E-state index is 13.6. The van der Waals surface area contributed by atoms with Crippen molar-refractivity contribution < 1.29 is 4.79 Å². The Bertz CT molecular complexity index is 1460. The molecule has 2 heterocycles. The van der Waals surface area contributed by atoms with Crippen molar-refractivity contribution in [2.75, 3.05) is 0 Å². The first-order valence-electron chi connectivity index (χ1n) is 10.3. The van der Waals surface area contributed by atoms with Crippen LogP contribution in [-0.4, -0.2) is 20.6 Å². The average Bonchev–Trinajstić information content (AvgIpc) is 3.04. The minimum atomic E-state index is -0.588. The fraction of sp³-hybridized carbons (Fsp3) is 0.280. The molecule has 1 aliphatic carbocycles. The monoisotopic (exact) mass is 413 g/mol. The van der Waals surface area contributed by atoms with Crippen LogP contribution in [-0.2, 0) is 14.1 Å². The van der Waals surface area contributed by atoms with E-state index in [0.29, 0.717) is 22.7 Å². The van der Waals surface area contributed by atoms with E-state index in [9.17, 15) is 14.4 Å². The zero-order valence-corrected chi connectivity index (χ0v) is 18.2. The third-order valence-corrected chi connectivity index (χ3v) is 6.77. The van der Waals surface area contributed by atoms with Crippen molar-refractivity contribution in [1.29, 1.82) is 0 Å². The van der Waals surface area contributed by atoms with E-state index in [1.54, 1.807) is 7.05 Å². The predicted octanol–water partition coefficient (Wildman–Crippen LogP) is 3.09. The first kappa shape index (κ1) is 19.4. The summed E-state index contributed by atoms with van der Waals surface area (Å²) < 4.78 is 2.52. The number of aryl methyl sites for hydroxylation is 2. The lowest BCUT2D eigenvalue weighted by molar-refractivity contribution is 0.0953. The molecule has 2 aromatic carbocycles. The van der Waals surface area contributed by atoms with Gasteiger partial charge in [0.05, 0.1) is 17.2 Å². The number of nitrogens with zero attached hydrogens (tertiary/aromatic N) is 3. The number of aliphatic imine (C=N–C) groups is 1. The first-order chi connectivity index (χ1) is 14.7. The summed E-state index contributed by atoms with van der Waals surface area (Å²) in [6, 6.07) is 11.6. The van der Waals surface area contributed by atoms with Crippen molar-refractivity contribution in [2.24, 2.45) is 25.0 Å². The highest BCUT2D eigenvalue weighted by Gasteiger charge is 2.48. The summed E-state index contributed by atoms with van der Waals surface area (Å²) >= 11 is 0. The number of benzene rings is 2. The minimum Gasteiger partial charge on any atom is -0.293 e. The lowest BCUT2D eigenvalue weighted by Crippen LogP contribution is -2.43. The Morgan fingerprint density at radius 3 is 2.26 bits per heavy atom. The van der Waals surface area contributed by atoms with Gasteiger partial charge >= 0.3 is 5.69 Å². The number of ketones is 1. The molecule has 0 fully saturated rings. The van der Waals surface area contributed by atoms with E-state index in [1.807, 2.05) is 45.0 Å². The molecule has 0 radical (unpaired) electrons. The number of hydrogen-bond acceptors (Lipinski definition) is 4. The van der Waals surface area contributed by atoms with E-state index in [-0.39, 0.29) is 5.78 Å². The predicted molar refractivity (Wildman–Crippen MR) is 120 cm³/mol. The number of carbonyl (C=O) groups excluding carboxylic acids is 1. The number of hydrogen-bond donors (Lipinski definition) is 0. The third-order valence-electron chi connectivity index (χ3n) is 6.77. The molecule has 0 unspecified atom stereocenters. The molecule has 156 valence electrons. The second-order valence-corrected chi connectivity index (χ2v) is 8.60. The van der Waals surface area contributed by atoms with Gasteiger partial charge in [0, 0.05) is 31.1 Å². The van der Waals surface area contributed by atoms with Crippen molar-refractivity contribution in [2.45, 2.75) is 26.7 Å². The lowest BCUT2D eigenvalue weighted by Gasteiger charge is -2.31. The van der Waals surface area contributed by atoms with Crippen molar-refractivity contribution in [1.82, 2.24) is 9.13 Å². The van der Waals surface area contributed by atoms with E-state index in [4.69, 9.17) is 4.99 Å². The Balaban J connectivity index is 1.95. The molecule has 1 aromatic heterocycles. The second kappa shape index (κ2) is 6.48. The summed E-state index contributed by atoms with van der Waals surface area (Å²) in [6.07, 6.45) is 0. The Morgan fingerprint density at radius 2 is 1.55 bits per heavy atom. The number of aromatic nitrogens is 2. The molecule has 0 saturated carbocycles. The summed E-state index contributed by atoms with van der Waals surface area (Å²) in [5.74, 6) is -0.784.